The summed E-state index contributed by atoms with van der Waals surface area (Å²) >= 11 is 5.81. The van der Waals surface area contributed by atoms with E-state index >= 15 is 0 Å². The number of aromatic nitrogens is 1. The fourth-order valence-electron chi connectivity index (χ4n) is 6.47. The molecule has 4 saturated carbocycles. The summed E-state index contributed by atoms with van der Waals surface area (Å²) in [5.41, 5.74) is 1.31. The zero-order valence-electron chi connectivity index (χ0n) is 12.5. The van der Waals surface area contributed by atoms with Crippen LogP contribution in [0.2, 0.25) is 0 Å². The van der Waals surface area contributed by atoms with E-state index in [1.165, 1.54) is 38.5 Å². The van der Waals surface area contributed by atoms with Gasteiger partial charge in [0.15, 0.2) is 5.89 Å². The van der Waals surface area contributed by atoms with E-state index in [2.05, 4.69) is 18.8 Å². The molecular weight excluding hydrogens is 270 g/mol. The lowest BCUT2D eigenvalue weighted by Crippen LogP contribution is -2.56. The van der Waals surface area contributed by atoms with Gasteiger partial charge in [-0.15, -0.1) is 11.6 Å². The van der Waals surface area contributed by atoms with Crippen LogP contribution in [-0.4, -0.2) is 10.9 Å². The maximum absolute atomic E-state index is 6.10. The van der Waals surface area contributed by atoms with E-state index in [-0.39, 0.29) is 5.41 Å². The highest BCUT2D eigenvalue weighted by atomic mass is 35.5. The molecule has 20 heavy (non-hydrogen) atoms. The highest BCUT2D eigenvalue weighted by Gasteiger charge is 2.61. The average Bonchev–Trinajstić information content (AvgIpc) is 2.73. The van der Waals surface area contributed by atoms with Crippen LogP contribution in [0, 0.1) is 16.7 Å². The molecule has 110 valence electrons. The molecule has 5 rings (SSSR count). The molecule has 1 heterocycles. The fraction of sp³-hybridized carbons (Fsp3) is 0.824. The van der Waals surface area contributed by atoms with Crippen LogP contribution in [0.4, 0.5) is 0 Å². The average molecular weight is 294 g/mol. The molecule has 1 aromatic heterocycles. The summed E-state index contributed by atoms with van der Waals surface area (Å²) in [5, 5.41) is 0. The zero-order chi connectivity index (χ0) is 14.0. The summed E-state index contributed by atoms with van der Waals surface area (Å²) in [6.07, 6.45) is 10.9. The molecular formula is C17H24ClNO. The van der Waals surface area contributed by atoms with Crippen molar-refractivity contribution in [3.63, 3.8) is 0 Å². The standard InChI is InChI=1S/C17H24ClNO/c1-15-5-12-6-16(2,9-15)11-17(7-12,10-15)13-8-19-14(20-13)3-4-18/h8,12H,3-7,9-11H2,1-2H3. The van der Waals surface area contributed by atoms with E-state index in [1.807, 2.05) is 6.20 Å². The van der Waals surface area contributed by atoms with Crippen molar-refractivity contribution in [2.45, 2.75) is 64.2 Å². The molecule has 2 nitrogen and oxygen atoms in total. The third-order valence-corrected chi connectivity index (χ3v) is 6.20. The number of hydrogen-bond donors (Lipinski definition) is 0. The molecule has 0 aliphatic heterocycles. The van der Waals surface area contributed by atoms with Gasteiger partial charge in [0.25, 0.3) is 0 Å². The molecule has 0 saturated heterocycles. The molecule has 1 aromatic rings. The Hall–Kier alpha value is -0.500. The van der Waals surface area contributed by atoms with Crippen molar-refractivity contribution in [1.82, 2.24) is 4.98 Å². The Morgan fingerprint density at radius 1 is 1.20 bits per heavy atom. The number of halogens is 1. The van der Waals surface area contributed by atoms with Gasteiger partial charge >= 0.3 is 0 Å². The molecule has 0 radical (unpaired) electrons. The maximum Gasteiger partial charge on any atom is 0.195 e. The first kappa shape index (κ1) is 13.2. The SMILES string of the molecule is CC12CC3CC(C)(C1)CC(c1cnc(CCCl)o1)(C3)C2. The largest absolute Gasteiger partial charge is 0.445 e. The Balaban J connectivity index is 1.72. The molecule has 4 aliphatic carbocycles. The Labute approximate surface area is 126 Å². The van der Waals surface area contributed by atoms with Gasteiger partial charge in [0.1, 0.15) is 5.76 Å². The summed E-state index contributed by atoms with van der Waals surface area (Å²) in [6.45, 7) is 5.00. The Morgan fingerprint density at radius 3 is 2.50 bits per heavy atom. The number of nitrogens with zero attached hydrogens (tertiary/aromatic N) is 1. The number of rotatable bonds is 3. The predicted molar refractivity (Wildman–Crippen MR) is 80.0 cm³/mol. The first-order chi connectivity index (χ1) is 9.44. The lowest BCUT2D eigenvalue weighted by atomic mass is 9.40. The lowest BCUT2D eigenvalue weighted by molar-refractivity contribution is -0.116. The first-order valence-corrected chi connectivity index (χ1v) is 8.49. The first-order valence-electron chi connectivity index (χ1n) is 7.96. The van der Waals surface area contributed by atoms with Crippen LogP contribution in [0.25, 0.3) is 0 Å². The summed E-state index contributed by atoms with van der Waals surface area (Å²) < 4.78 is 6.10. The van der Waals surface area contributed by atoms with Gasteiger partial charge in [-0.1, -0.05) is 13.8 Å². The molecule has 0 N–H and O–H groups in total. The van der Waals surface area contributed by atoms with Crippen molar-refractivity contribution in [3.8, 4) is 0 Å². The number of oxazole rings is 1. The number of aryl methyl sites for hydroxylation is 1. The maximum atomic E-state index is 6.10. The van der Waals surface area contributed by atoms with E-state index in [0.717, 1.165) is 24.0 Å². The van der Waals surface area contributed by atoms with Gasteiger partial charge < -0.3 is 4.42 Å². The smallest absolute Gasteiger partial charge is 0.195 e. The van der Waals surface area contributed by atoms with Gasteiger partial charge in [0.2, 0.25) is 0 Å². The summed E-state index contributed by atoms with van der Waals surface area (Å²) in [6, 6.07) is 0. The molecule has 0 aromatic carbocycles. The Bertz CT molecular complexity index is 519. The van der Waals surface area contributed by atoms with Crippen molar-refractivity contribution in [3.05, 3.63) is 17.8 Å². The molecule has 2 unspecified atom stereocenters. The van der Waals surface area contributed by atoms with Crippen LogP contribution in [0.1, 0.15) is 64.0 Å². The van der Waals surface area contributed by atoms with Gasteiger partial charge in [-0.3, -0.25) is 0 Å². The zero-order valence-corrected chi connectivity index (χ0v) is 13.3. The summed E-state index contributed by atoms with van der Waals surface area (Å²) in [5.74, 6) is 3.45. The minimum Gasteiger partial charge on any atom is -0.445 e. The van der Waals surface area contributed by atoms with Crippen molar-refractivity contribution in [1.29, 1.82) is 0 Å². The lowest BCUT2D eigenvalue weighted by Gasteiger charge is -2.64. The van der Waals surface area contributed by atoms with Crippen LogP contribution < -0.4 is 0 Å². The quantitative estimate of drug-likeness (QED) is 0.755. The topological polar surface area (TPSA) is 26.0 Å². The molecule has 3 heteroatoms. The normalized spacial score (nSPS) is 46.0. The molecule has 0 amide bonds. The van der Waals surface area contributed by atoms with Gasteiger partial charge in [0.05, 0.1) is 6.20 Å². The van der Waals surface area contributed by atoms with E-state index in [1.54, 1.807) is 0 Å². The summed E-state index contributed by atoms with van der Waals surface area (Å²) in [7, 11) is 0. The molecule has 4 aliphatic rings. The molecule has 4 bridgehead atoms. The van der Waals surface area contributed by atoms with Crippen molar-refractivity contribution < 1.29 is 4.42 Å². The minimum absolute atomic E-state index is 0.264. The van der Waals surface area contributed by atoms with E-state index in [4.69, 9.17) is 16.0 Å². The van der Waals surface area contributed by atoms with Crippen LogP contribution in [-0.2, 0) is 11.8 Å². The second-order valence-electron chi connectivity index (χ2n) is 8.47. The van der Waals surface area contributed by atoms with Crippen molar-refractivity contribution in [2.75, 3.05) is 5.88 Å². The molecule has 4 fully saturated rings. The van der Waals surface area contributed by atoms with Crippen molar-refractivity contribution >= 4 is 11.6 Å². The second kappa shape index (κ2) is 4.03. The van der Waals surface area contributed by atoms with E-state index in [9.17, 15) is 0 Å². The van der Waals surface area contributed by atoms with E-state index in [0.29, 0.717) is 16.7 Å². The van der Waals surface area contributed by atoms with Crippen molar-refractivity contribution in [2.24, 2.45) is 16.7 Å². The van der Waals surface area contributed by atoms with Crippen LogP contribution >= 0.6 is 11.6 Å². The molecule has 2 atom stereocenters. The third-order valence-electron chi connectivity index (χ3n) is 6.01. The van der Waals surface area contributed by atoms with Gasteiger partial charge in [-0.25, -0.2) is 4.98 Å². The van der Waals surface area contributed by atoms with E-state index < -0.39 is 0 Å². The van der Waals surface area contributed by atoms with Crippen LogP contribution in [0.3, 0.4) is 0 Å². The predicted octanol–water partition coefficient (Wildman–Crippen LogP) is 4.70. The second-order valence-corrected chi connectivity index (χ2v) is 8.85. The van der Waals surface area contributed by atoms with Gasteiger partial charge in [-0.2, -0.15) is 0 Å². The molecule has 0 spiro atoms. The highest BCUT2D eigenvalue weighted by Crippen LogP contribution is 2.69. The number of hydrogen-bond acceptors (Lipinski definition) is 2. The Kier molecular flexibility index (Phi) is 2.66. The minimum atomic E-state index is 0.264. The van der Waals surface area contributed by atoms with Gasteiger partial charge in [-0.05, 0) is 55.3 Å². The highest BCUT2D eigenvalue weighted by molar-refractivity contribution is 6.17. The van der Waals surface area contributed by atoms with Crippen LogP contribution in [0.15, 0.2) is 10.6 Å². The monoisotopic (exact) mass is 293 g/mol. The third kappa shape index (κ3) is 1.87. The fourth-order valence-corrected chi connectivity index (χ4v) is 6.64. The summed E-state index contributed by atoms with van der Waals surface area (Å²) in [4.78, 5) is 4.46. The van der Waals surface area contributed by atoms with Gasteiger partial charge in [0, 0.05) is 17.7 Å². The van der Waals surface area contributed by atoms with Crippen LogP contribution in [0.5, 0.6) is 0 Å². The Morgan fingerprint density at radius 2 is 1.90 bits per heavy atom. The number of alkyl halides is 1.